The Labute approximate surface area is 116 Å². The van der Waals surface area contributed by atoms with Crippen molar-refractivity contribution in [2.24, 2.45) is 7.05 Å². The Morgan fingerprint density at radius 3 is 2.90 bits per heavy atom. The van der Waals surface area contributed by atoms with Gasteiger partial charge in [-0.15, -0.1) is 10.2 Å². The zero-order valence-corrected chi connectivity index (χ0v) is 12.0. The van der Waals surface area contributed by atoms with Crippen LogP contribution in [0.2, 0.25) is 0 Å². The Bertz CT molecular complexity index is 590. The molecule has 0 spiro atoms. The van der Waals surface area contributed by atoms with Crippen LogP contribution < -0.4 is 5.32 Å². The smallest absolute Gasteiger partial charge is 0.318 e. The molecule has 2 rings (SSSR count). The molecule has 0 aliphatic rings. The lowest BCUT2D eigenvalue weighted by molar-refractivity contribution is 0.201. The first kappa shape index (κ1) is 14.0. The fourth-order valence-corrected chi connectivity index (χ4v) is 1.85. The summed E-state index contributed by atoms with van der Waals surface area (Å²) < 4.78 is 6.74. The van der Waals surface area contributed by atoms with Crippen LogP contribution in [0.4, 0.5) is 4.79 Å². The quantitative estimate of drug-likeness (QED) is 0.901. The van der Waals surface area contributed by atoms with E-state index in [2.05, 4.69) is 20.7 Å². The molecule has 2 amide bonds. The Hall–Kier alpha value is -2.38. The molecule has 1 atom stereocenters. The van der Waals surface area contributed by atoms with Crippen molar-refractivity contribution >= 4 is 6.03 Å². The highest BCUT2D eigenvalue weighted by molar-refractivity contribution is 5.74. The van der Waals surface area contributed by atoms with Crippen LogP contribution >= 0.6 is 0 Å². The molecule has 0 saturated heterocycles. The zero-order chi connectivity index (χ0) is 14.7. The van der Waals surface area contributed by atoms with Crippen LogP contribution in [0.25, 0.3) is 0 Å². The van der Waals surface area contributed by atoms with E-state index in [0.717, 1.165) is 5.76 Å². The molecule has 1 N–H and O–H groups in total. The number of hydrogen-bond donors (Lipinski definition) is 1. The Morgan fingerprint density at radius 2 is 2.35 bits per heavy atom. The highest BCUT2D eigenvalue weighted by Crippen LogP contribution is 2.09. The van der Waals surface area contributed by atoms with Gasteiger partial charge < -0.3 is 19.3 Å². The van der Waals surface area contributed by atoms with Crippen LogP contribution in [0.5, 0.6) is 0 Å². The van der Waals surface area contributed by atoms with Gasteiger partial charge in [-0.05, 0) is 13.8 Å². The molecule has 20 heavy (non-hydrogen) atoms. The second-order valence-corrected chi connectivity index (χ2v) is 4.76. The monoisotopic (exact) mass is 278 g/mol. The third-order valence-electron chi connectivity index (χ3n) is 2.90. The minimum absolute atomic E-state index is 0.207. The molecule has 0 saturated carbocycles. The van der Waals surface area contributed by atoms with E-state index in [1.165, 1.54) is 4.90 Å². The second-order valence-electron chi connectivity index (χ2n) is 4.76. The molecule has 0 aromatic carbocycles. The lowest BCUT2D eigenvalue weighted by atomic mass is 10.3. The molecule has 8 heteroatoms. The molecule has 0 bridgehead atoms. The van der Waals surface area contributed by atoms with E-state index in [0.29, 0.717) is 18.1 Å². The number of aryl methyl sites for hydroxylation is 2. The summed E-state index contributed by atoms with van der Waals surface area (Å²) in [4.78, 5) is 13.6. The summed E-state index contributed by atoms with van der Waals surface area (Å²) in [6.45, 7) is 4.05. The van der Waals surface area contributed by atoms with Crippen molar-refractivity contribution in [3.8, 4) is 0 Å². The van der Waals surface area contributed by atoms with Gasteiger partial charge in [0.25, 0.3) is 0 Å². The standard InChI is InChI=1S/C12H18N6O2/c1-8-5-10(16-20-8)6-17(3)12(19)14-9(2)11-15-13-7-18(11)4/h5,7,9H,6H2,1-4H3,(H,14,19)/t9-/m0/s1. The average Bonchev–Trinajstić information content (AvgIpc) is 2.98. The Balaban J connectivity index is 1.92. The lowest BCUT2D eigenvalue weighted by Crippen LogP contribution is -2.38. The van der Waals surface area contributed by atoms with Gasteiger partial charge in [0, 0.05) is 20.2 Å². The van der Waals surface area contributed by atoms with Crippen molar-refractivity contribution in [1.29, 1.82) is 0 Å². The summed E-state index contributed by atoms with van der Waals surface area (Å²) in [6.07, 6.45) is 1.60. The van der Waals surface area contributed by atoms with E-state index in [1.807, 2.05) is 20.9 Å². The molecule has 0 unspecified atom stereocenters. The summed E-state index contributed by atoms with van der Waals surface area (Å²) in [5.41, 5.74) is 0.714. The normalized spacial score (nSPS) is 12.2. The van der Waals surface area contributed by atoms with Gasteiger partial charge in [-0.3, -0.25) is 0 Å². The largest absolute Gasteiger partial charge is 0.361 e. The predicted molar refractivity (Wildman–Crippen MR) is 70.7 cm³/mol. The van der Waals surface area contributed by atoms with E-state index in [4.69, 9.17) is 4.52 Å². The Morgan fingerprint density at radius 1 is 1.60 bits per heavy atom. The highest BCUT2D eigenvalue weighted by Gasteiger charge is 2.17. The number of carbonyl (C=O) groups is 1. The third-order valence-corrected chi connectivity index (χ3v) is 2.90. The summed E-state index contributed by atoms with van der Waals surface area (Å²) in [6, 6.07) is 1.37. The first-order chi connectivity index (χ1) is 9.47. The second kappa shape index (κ2) is 5.72. The molecule has 0 aliphatic heterocycles. The summed E-state index contributed by atoms with van der Waals surface area (Å²) in [5, 5.41) is 14.5. The number of nitrogens with one attached hydrogen (secondary N) is 1. The van der Waals surface area contributed by atoms with Gasteiger partial charge in [-0.2, -0.15) is 0 Å². The van der Waals surface area contributed by atoms with Gasteiger partial charge in [0.15, 0.2) is 5.82 Å². The molecular weight excluding hydrogens is 260 g/mol. The average molecular weight is 278 g/mol. The van der Waals surface area contributed by atoms with E-state index < -0.39 is 0 Å². The lowest BCUT2D eigenvalue weighted by Gasteiger charge is -2.19. The SMILES string of the molecule is Cc1cc(CN(C)C(=O)N[C@@H](C)c2nncn2C)no1. The van der Waals surface area contributed by atoms with Crippen molar-refractivity contribution < 1.29 is 9.32 Å². The number of rotatable bonds is 4. The van der Waals surface area contributed by atoms with E-state index in [9.17, 15) is 4.79 Å². The van der Waals surface area contributed by atoms with Crippen LogP contribution in [0, 0.1) is 6.92 Å². The molecule has 2 heterocycles. The van der Waals surface area contributed by atoms with E-state index in [-0.39, 0.29) is 12.1 Å². The summed E-state index contributed by atoms with van der Waals surface area (Å²) in [5.74, 6) is 1.42. The zero-order valence-electron chi connectivity index (χ0n) is 12.0. The van der Waals surface area contributed by atoms with Gasteiger partial charge in [0.1, 0.15) is 17.8 Å². The molecule has 108 valence electrons. The van der Waals surface area contributed by atoms with Gasteiger partial charge >= 0.3 is 6.03 Å². The first-order valence-electron chi connectivity index (χ1n) is 6.25. The van der Waals surface area contributed by atoms with Gasteiger partial charge in [-0.25, -0.2) is 4.79 Å². The van der Waals surface area contributed by atoms with Crippen molar-refractivity contribution in [3.63, 3.8) is 0 Å². The van der Waals surface area contributed by atoms with Gasteiger partial charge in [0.05, 0.1) is 12.6 Å². The van der Waals surface area contributed by atoms with Crippen LogP contribution in [-0.4, -0.2) is 37.9 Å². The van der Waals surface area contributed by atoms with Crippen LogP contribution in [0.15, 0.2) is 16.9 Å². The maximum absolute atomic E-state index is 12.1. The van der Waals surface area contributed by atoms with Gasteiger partial charge in [0.2, 0.25) is 0 Å². The fourth-order valence-electron chi connectivity index (χ4n) is 1.85. The number of nitrogens with zero attached hydrogens (tertiary/aromatic N) is 5. The topological polar surface area (TPSA) is 89.1 Å². The van der Waals surface area contributed by atoms with E-state index in [1.54, 1.807) is 24.0 Å². The minimum Gasteiger partial charge on any atom is -0.361 e. The molecule has 0 aliphatic carbocycles. The van der Waals surface area contributed by atoms with Crippen LogP contribution in [0.3, 0.4) is 0 Å². The predicted octanol–water partition coefficient (Wildman–Crippen LogP) is 1.01. The fraction of sp³-hybridized carbons (Fsp3) is 0.500. The van der Waals surface area contributed by atoms with E-state index >= 15 is 0 Å². The molecule has 2 aromatic heterocycles. The number of hydrogen-bond acceptors (Lipinski definition) is 5. The molecule has 0 fully saturated rings. The van der Waals surface area contributed by atoms with Crippen molar-refractivity contribution in [3.05, 3.63) is 29.7 Å². The maximum Gasteiger partial charge on any atom is 0.318 e. The number of carbonyl (C=O) groups excluding carboxylic acids is 1. The number of amides is 2. The molecular formula is C12H18N6O2. The number of aromatic nitrogens is 4. The Kier molecular flexibility index (Phi) is 4.02. The maximum atomic E-state index is 12.1. The van der Waals surface area contributed by atoms with Crippen molar-refractivity contribution in [2.45, 2.75) is 26.4 Å². The summed E-state index contributed by atoms with van der Waals surface area (Å²) in [7, 11) is 3.53. The molecule has 8 nitrogen and oxygen atoms in total. The summed E-state index contributed by atoms with van der Waals surface area (Å²) >= 11 is 0. The minimum atomic E-state index is -0.225. The highest BCUT2D eigenvalue weighted by atomic mass is 16.5. The van der Waals surface area contributed by atoms with Crippen LogP contribution in [-0.2, 0) is 13.6 Å². The molecule has 0 radical (unpaired) electrons. The van der Waals surface area contributed by atoms with Crippen LogP contribution in [0.1, 0.15) is 30.2 Å². The van der Waals surface area contributed by atoms with Crippen molar-refractivity contribution in [2.75, 3.05) is 7.05 Å². The third kappa shape index (κ3) is 3.14. The molecule has 2 aromatic rings. The first-order valence-corrected chi connectivity index (χ1v) is 6.25. The van der Waals surface area contributed by atoms with Gasteiger partial charge in [-0.1, -0.05) is 5.16 Å². The number of urea groups is 1. The van der Waals surface area contributed by atoms with Crippen molar-refractivity contribution in [1.82, 2.24) is 30.1 Å².